The van der Waals surface area contributed by atoms with Gasteiger partial charge in [0.2, 0.25) is 18.6 Å². The van der Waals surface area contributed by atoms with Crippen LogP contribution in [0.2, 0.25) is 0 Å². The van der Waals surface area contributed by atoms with E-state index in [9.17, 15) is 9.59 Å². The third-order valence-corrected chi connectivity index (χ3v) is 7.71. The van der Waals surface area contributed by atoms with Crippen molar-refractivity contribution in [1.82, 2.24) is 9.80 Å². The van der Waals surface area contributed by atoms with Gasteiger partial charge in [0, 0.05) is 18.5 Å². The second-order valence-corrected chi connectivity index (χ2v) is 8.98. The van der Waals surface area contributed by atoms with Crippen LogP contribution in [0, 0.1) is 11.3 Å². The number of piperidine rings is 3. The second kappa shape index (κ2) is 5.63. The summed E-state index contributed by atoms with van der Waals surface area (Å²) in [4.78, 5) is 30.0. The molecule has 3 atom stereocenters. The number of fused-ring (bicyclic) bond motifs is 3. The molecule has 1 aliphatic carbocycles. The van der Waals surface area contributed by atoms with Crippen LogP contribution >= 0.6 is 0 Å². The van der Waals surface area contributed by atoms with E-state index < -0.39 is 11.3 Å². The Kier molecular flexibility index (Phi) is 3.35. The molecule has 6 aliphatic rings. The number of amides is 2. The van der Waals surface area contributed by atoms with Crippen LogP contribution in [0.5, 0.6) is 11.5 Å². The van der Waals surface area contributed by atoms with Crippen LogP contribution in [-0.2, 0) is 9.59 Å². The molecule has 0 unspecified atom stereocenters. The number of likely N-dealkylation sites (tertiary alicyclic amines) is 1. The molecule has 0 aromatic heterocycles. The van der Waals surface area contributed by atoms with Gasteiger partial charge in [0.25, 0.3) is 0 Å². The second-order valence-electron chi connectivity index (χ2n) is 8.98. The average molecular weight is 383 g/mol. The molecule has 1 aromatic carbocycles. The normalized spacial score (nSPS) is 36.3. The molecule has 7 nitrogen and oxygen atoms in total. The summed E-state index contributed by atoms with van der Waals surface area (Å²) >= 11 is 0. The molecular formula is C21H25N3O4. The molecule has 7 heteroatoms. The fraction of sp³-hybridized carbons (Fsp3) is 0.619. The topological polar surface area (TPSA) is 85.1 Å². The first-order valence-electron chi connectivity index (χ1n) is 10.3. The molecule has 148 valence electrons. The summed E-state index contributed by atoms with van der Waals surface area (Å²) in [5.41, 5.74) is 5.87. The van der Waals surface area contributed by atoms with Crippen LogP contribution in [-0.4, -0.2) is 60.1 Å². The number of primary amides is 1. The summed E-state index contributed by atoms with van der Waals surface area (Å²) in [7, 11) is 0. The quantitative estimate of drug-likeness (QED) is 0.790. The van der Waals surface area contributed by atoms with Crippen molar-refractivity contribution in [2.24, 2.45) is 17.1 Å². The van der Waals surface area contributed by atoms with Gasteiger partial charge in [0.1, 0.15) is 5.41 Å². The number of ether oxygens (including phenoxy) is 2. The van der Waals surface area contributed by atoms with E-state index in [-0.39, 0.29) is 24.7 Å². The van der Waals surface area contributed by atoms with E-state index >= 15 is 0 Å². The fourth-order valence-electron chi connectivity index (χ4n) is 6.06. The predicted molar refractivity (Wildman–Crippen MR) is 99.8 cm³/mol. The molecule has 5 aliphatic heterocycles. The number of rotatable bonds is 3. The van der Waals surface area contributed by atoms with E-state index in [1.807, 2.05) is 11.0 Å². The SMILES string of the molecule is NC(=O)C1(C(=O)N2C[C@H](c3ccc4c(c3)OCO4)[C@H]3[C@@H]2C2CCN3CC2)CC1. The van der Waals surface area contributed by atoms with Crippen LogP contribution in [0.1, 0.15) is 37.2 Å². The Bertz CT molecular complexity index is 859. The highest BCUT2D eigenvalue weighted by molar-refractivity contribution is 6.07. The van der Waals surface area contributed by atoms with Gasteiger partial charge in [-0.1, -0.05) is 6.07 Å². The zero-order valence-electron chi connectivity index (χ0n) is 15.8. The highest BCUT2D eigenvalue weighted by Crippen LogP contribution is 2.53. The smallest absolute Gasteiger partial charge is 0.238 e. The van der Waals surface area contributed by atoms with Crippen molar-refractivity contribution < 1.29 is 19.1 Å². The number of nitrogens with two attached hydrogens (primary N) is 1. The molecule has 28 heavy (non-hydrogen) atoms. The summed E-state index contributed by atoms with van der Waals surface area (Å²) in [6.45, 7) is 3.09. The van der Waals surface area contributed by atoms with E-state index in [1.54, 1.807) is 0 Å². The van der Waals surface area contributed by atoms with Gasteiger partial charge in [0.05, 0.1) is 6.04 Å². The molecule has 5 fully saturated rings. The lowest BCUT2D eigenvalue weighted by Crippen LogP contribution is -2.61. The summed E-state index contributed by atoms with van der Waals surface area (Å²) < 4.78 is 11.1. The van der Waals surface area contributed by atoms with Crippen LogP contribution in [0.25, 0.3) is 0 Å². The molecule has 1 aromatic rings. The Balaban J connectivity index is 1.38. The lowest BCUT2D eigenvalue weighted by Gasteiger charge is -2.51. The van der Waals surface area contributed by atoms with Gasteiger partial charge >= 0.3 is 0 Å². The molecule has 2 amide bonds. The van der Waals surface area contributed by atoms with Gasteiger partial charge in [-0.15, -0.1) is 0 Å². The van der Waals surface area contributed by atoms with Crippen molar-refractivity contribution in [2.45, 2.75) is 43.7 Å². The van der Waals surface area contributed by atoms with Crippen molar-refractivity contribution in [2.75, 3.05) is 26.4 Å². The van der Waals surface area contributed by atoms with Crippen molar-refractivity contribution in [3.8, 4) is 11.5 Å². The maximum absolute atomic E-state index is 13.4. The van der Waals surface area contributed by atoms with Crippen molar-refractivity contribution in [1.29, 1.82) is 0 Å². The third kappa shape index (κ3) is 2.14. The fourth-order valence-corrected chi connectivity index (χ4v) is 6.06. The Hall–Kier alpha value is -2.28. The first-order chi connectivity index (χ1) is 13.6. The zero-order valence-corrected chi connectivity index (χ0v) is 15.8. The van der Waals surface area contributed by atoms with Gasteiger partial charge in [0.15, 0.2) is 11.5 Å². The first kappa shape index (κ1) is 16.7. The highest BCUT2D eigenvalue weighted by Gasteiger charge is 2.62. The molecule has 0 spiro atoms. The molecular weight excluding hydrogens is 358 g/mol. The van der Waals surface area contributed by atoms with Crippen LogP contribution in [0.15, 0.2) is 18.2 Å². The molecule has 0 radical (unpaired) electrons. The number of benzene rings is 1. The minimum atomic E-state index is -0.944. The van der Waals surface area contributed by atoms with Gasteiger partial charge in [-0.2, -0.15) is 0 Å². The van der Waals surface area contributed by atoms with Crippen molar-refractivity contribution >= 4 is 11.8 Å². The summed E-state index contributed by atoms with van der Waals surface area (Å²) in [5.74, 6) is 1.80. The van der Waals surface area contributed by atoms with Gasteiger partial charge in [-0.3, -0.25) is 14.5 Å². The highest BCUT2D eigenvalue weighted by atomic mass is 16.7. The van der Waals surface area contributed by atoms with E-state index in [0.29, 0.717) is 31.3 Å². The maximum atomic E-state index is 13.4. The molecule has 5 heterocycles. The number of hydrogen-bond donors (Lipinski definition) is 1. The minimum absolute atomic E-state index is 0.0352. The summed E-state index contributed by atoms with van der Waals surface area (Å²) in [6, 6.07) is 6.64. The Labute approximate surface area is 163 Å². The standard InChI is InChI=1S/C21H25N3O4/c22-19(25)21(5-6-21)20(26)24-10-14(13-1-2-15-16(9-13)28-11-27-15)18-17(24)12-3-7-23(18)8-4-12/h1-2,9,12,14,17-18H,3-8,10-11H2,(H2,22,25)/t14-,17+,18+/m1/s1. The van der Waals surface area contributed by atoms with Gasteiger partial charge in [-0.25, -0.2) is 0 Å². The number of hydrogen-bond acceptors (Lipinski definition) is 5. The van der Waals surface area contributed by atoms with E-state index in [2.05, 4.69) is 17.0 Å². The number of carbonyl (C=O) groups excluding carboxylic acids is 2. The average Bonchev–Trinajstić information content (AvgIpc) is 3.22. The van der Waals surface area contributed by atoms with Crippen LogP contribution in [0.3, 0.4) is 0 Å². The maximum Gasteiger partial charge on any atom is 0.238 e. The van der Waals surface area contributed by atoms with Gasteiger partial charge in [-0.05, 0) is 62.4 Å². The first-order valence-corrected chi connectivity index (χ1v) is 10.3. The van der Waals surface area contributed by atoms with E-state index in [4.69, 9.17) is 15.2 Å². The largest absolute Gasteiger partial charge is 0.454 e. The van der Waals surface area contributed by atoms with Crippen molar-refractivity contribution in [3.63, 3.8) is 0 Å². The Morgan fingerprint density at radius 2 is 1.82 bits per heavy atom. The Morgan fingerprint density at radius 3 is 2.54 bits per heavy atom. The number of carbonyl (C=O) groups is 2. The summed E-state index contributed by atoms with van der Waals surface area (Å²) in [6.07, 6.45) is 3.45. The van der Waals surface area contributed by atoms with Crippen LogP contribution in [0.4, 0.5) is 0 Å². The number of nitrogens with zero attached hydrogens (tertiary/aromatic N) is 2. The van der Waals surface area contributed by atoms with Gasteiger partial charge < -0.3 is 20.1 Å². The molecule has 1 saturated carbocycles. The zero-order chi connectivity index (χ0) is 19.0. The summed E-state index contributed by atoms with van der Waals surface area (Å²) in [5, 5.41) is 0. The predicted octanol–water partition coefficient (Wildman–Crippen LogP) is 1.07. The van der Waals surface area contributed by atoms with E-state index in [0.717, 1.165) is 37.4 Å². The molecule has 4 saturated heterocycles. The monoisotopic (exact) mass is 383 g/mol. The molecule has 2 N–H and O–H groups in total. The van der Waals surface area contributed by atoms with E-state index in [1.165, 1.54) is 5.56 Å². The molecule has 2 bridgehead atoms. The Morgan fingerprint density at radius 1 is 1.07 bits per heavy atom. The third-order valence-electron chi connectivity index (χ3n) is 7.71. The minimum Gasteiger partial charge on any atom is -0.454 e. The van der Waals surface area contributed by atoms with Crippen LogP contribution < -0.4 is 15.2 Å². The lowest BCUT2D eigenvalue weighted by molar-refractivity contribution is -0.146. The molecule has 7 rings (SSSR count). The van der Waals surface area contributed by atoms with Crippen molar-refractivity contribution in [3.05, 3.63) is 23.8 Å². The lowest BCUT2D eigenvalue weighted by atomic mass is 9.75.